The van der Waals surface area contributed by atoms with Crippen LogP contribution in [-0.2, 0) is 11.2 Å². The van der Waals surface area contributed by atoms with Gasteiger partial charge >= 0.3 is 0 Å². The largest absolute Gasteiger partial charge is 0.379 e. The Labute approximate surface area is 211 Å². The topological polar surface area (TPSA) is 45.7 Å². The minimum atomic E-state index is 0.00835. The van der Waals surface area contributed by atoms with E-state index in [1.807, 2.05) is 29.2 Å². The number of thiazole rings is 1. The number of anilines is 1. The molecule has 35 heavy (non-hydrogen) atoms. The zero-order chi connectivity index (χ0) is 24.0. The number of aromatic nitrogens is 1. The predicted octanol–water partition coefficient (Wildman–Crippen LogP) is 5.56. The zero-order valence-corrected chi connectivity index (χ0v) is 21.0. The van der Waals surface area contributed by atoms with Gasteiger partial charge in [0.2, 0.25) is 0 Å². The molecule has 0 spiro atoms. The van der Waals surface area contributed by atoms with Crippen molar-refractivity contribution in [1.29, 1.82) is 0 Å². The van der Waals surface area contributed by atoms with E-state index >= 15 is 0 Å². The molecule has 0 N–H and O–H groups in total. The molecule has 180 valence electrons. The molecule has 3 aromatic carbocycles. The van der Waals surface area contributed by atoms with E-state index in [0.29, 0.717) is 12.1 Å². The molecule has 0 atom stereocenters. The Kier molecular flexibility index (Phi) is 7.52. The lowest BCUT2D eigenvalue weighted by molar-refractivity contribution is 0.0376. The van der Waals surface area contributed by atoms with Gasteiger partial charge in [-0.3, -0.25) is 14.6 Å². The van der Waals surface area contributed by atoms with Crippen LogP contribution >= 0.6 is 11.3 Å². The Morgan fingerprint density at radius 2 is 1.74 bits per heavy atom. The van der Waals surface area contributed by atoms with Crippen molar-refractivity contribution in [1.82, 2.24) is 9.88 Å². The Balaban J connectivity index is 1.34. The molecule has 2 heterocycles. The molecule has 6 heteroatoms. The van der Waals surface area contributed by atoms with E-state index in [1.54, 1.807) is 11.3 Å². The molecule has 1 aliphatic rings. The molecular weight excluding hydrogens is 454 g/mol. The molecule has 5 nitrogen and oxygen atoms in total. The summed E-state index contributed by atoms with van der Waals surface area (Å²) in [5.41, 5.74) is 5.30. The summed E-state index contributed by atoms with van der Waals surface area (Å²) in [7, 11) is 0. The van der Waals surface area contributed by atoms with Gasteiger partial charge < -0.3 is 4.74 Å². The highest BCUT2D eigenvalue weighted by atomic mass is 32.1. The molecule has 0 radical (unpaired) electrons. The lowest BCUT2D eigenvalue weighted by Crippen LogP contribution is -2.39. The summed E-state index contributed by atoms with van der Waals surface area (Å²) >= 11 is 1.59. The first-order valence-electron chi connectivity index (χ1n) is 12.3. The second-order valence-electron chi connectivity index (χ2n) is 9.09. The zero-order valence-electron chi connectivity index (χ0n) is 20.2. The van der Waals surface area contributed by atoms with Crippen molar-refractivity contribution < 1.29 is 9.53 Å². The van der Waals surface area contributed by atoms with Crippen molar-refractivity contribution in [3.05, 3.63) is 95.1 Å². The van der Waals surface area contributed by atoms with Crippen molar-refractivity contribution in [3.63, 3.8) is 0 Å². The van der Waals surface area contributed by atoms with Crippen LogP contribution in [-0.4, -0.2) is 55.2 Å². The van der Waals surface area contributed by atoms with E-state index in [1.165, 1.54) is 16.7 Å². The standard InChI is InChI=1S/C29H31N3O2S/c1-22-8-13-26-27(20-22)35-29(30-26)32(15-5-14-31-16-18-34-19-17-31)28(33)25-11-9-24(10-12-25)21-23-6-3-2-4-7-23/h2-4,6-13,20H,5,14-19,21H2,1H3. The smallest absolute Gasteiger partial charge is 0.260 e. The number of fused-ring (bicyclic) bond motifs is 1. The van der Waals surface area contributed by atoms with E-state index < -0.39 is 0 Å². The quantitative estimate of drug-likeness (QED) is 0.328. The minimum absolute atomic E-state index is 0.00835. The van der Waals surface area contributed by atoms with Crippen LogP contribution in [0.1, 0.15) is 33.5 Å². The van der Waals surface area contributed by atoms with Crippen LogP contribution in [0.2, 0.25) is 0 Å². The Bertz CT molecular complexity index is 1260. The molecule has 4 aromatic rings. The molecule has 1 amide bonds. The Hall–Kier alpha value is -3.06. The monoisotopic (exact) mass is 485 g/mol. The van der Waals surface area contributed by atoms with Crippen LogP contribution < -0.4 is 4.90 Å². The van der Waals surface area contributed by atoms with Gasteiger partial charge in [-0.05, 0) is 60.7 Å². The molecule has 5 rings (SSSR count). The van der Waals surface area contributed by atoms with Crippen LogP contribution in [0.25, 0.3) is 10.2 Å². The van der Waals surface area contributed by atoms with Crippen molar-refractivity contribution >= 4 is 32.6 Å². The van der Waals surface area contributed by atoms with Crippen LogP contribution in [0.4, 0.5) is 5.13 Å². The number of carbonyl (C=O) groups excluding carboxylic acids is 1. The van der Waals surface area contributed by atoms with Gasteiger partial charge in [-0.1, -0.05) is 59.9 Å². The number of ether oxygens (including phenoxy) is 1. The van der Waals surface area contributed by atoms with Crippen molar-refractivity contribution in [2.24, 2.45) is 0 Å². The van der Waals surface area contributed by atoms with Gasteiger partial charge in [-0.15, -0.1) is 0 Å². The summed E-state index contributed by atoms with van der Waals surface area (Å²) in [6.07, 6.45) is 1.75. The first-order chi connectivity index (χ1) is 17.2. The van der Waals surface area contributed by atoms with E-state index in [2.05, 4.69) is 60.4 Å². The van der Waals surface area contributed by atoms with Gasteiger partial charge in [-0.25, -0.2) is 4.98 Å². The van der Waals surface area contributed by atoms with Crippen LogP contribution in [0, 0.1) is 6.92 Å². The summed E-state index contributed by atoms with van der Waals surface area (Å²) < 4.78 is 6.58. The highest BCUT2D eigenvalue weighted by Gasteiger charge is 2.22. The SMILES string of the molecule is Cc1ccc2nc(N(CCCN3CCOCC3)C(=O)c3ccc(Cc4ccccc4)cc3)sc2c1. The first-order valence-corrected chi connectivity index (χ1v) is 13.1. The van der Waals surface area contributed by atoms with Crippen molar-refractivity contribution in [2.45, 2.75) is 19.8 Å². The molecular formula is C29H31N3O2S. The van der Waals surface area contributed by atoms with E-state index in [0.717, 1.165) is 61.0 Å². The molecule has 0 unspecified atom stereocenters. The molecule has 1 aromatic heterocycles. The molecule has 0 saturated carbocycles. The summed E-state index contributed by atoms with van der Waals surface area (Å²) in [6.45, 7) is 7.16. The summed E-state index contributed by atoms with van der Waals surface area (Å²) in [5.74, 6) is 0.00835. The number of rotatable bonds is 8. The lowest BCUT2D eigenvalue weighted by Gasteiger charge is -2.27. The lowest BCUT2D eigenvalue weighted by atomic mass is 10.0. The molecule has 1 aliphatic heterocycles. The van der Waals surface area contributed by atoms with E-state index in [4.69, 9.17) is 9.72 Å². The minimum Gasteiger partial charge on any atom is -0.379 e. The number of hydrogen-bond donors (Lipinski definition) is 0. The highest BCUT2D eigenvalue weighted by Crippen LogP contribution is 2.30. The molecule has 0 bridgehead atoms. The third-order valence-corrected chi connectivity index (χ3v) is 7.46. The number of morpholine rings is 1. The average Bonchev–Trinajstić information content (AvgIpc) is 3.31. The van der Waals surface area contributed by atoms with Gasteiger partial charge in [0.1, 0.15) is 0 Å². The summed E-state index contributed by atoms with van der Waals surface area (Å²) in [6, 6.07) is 24.7. The van der Waals surface area contributed by atoms with E-state index in [-0.39, 0.29) is 5.91 Å². The fraction of sp³-hybridized carbons (Fsp3) is 0.310. The number of hydrogen-bond acceptors (Lipinski definition) is 5. The van der Waals surface area contributed by atoms with Gasteiger partial charge in [0.25, 0.3) is 5.91 Å². The van der Waals surface area contributed by atoms with Crippen LogP contribution in [0.3, 0.4) is 0 Å². The van der Waals surface area contributed by atoms with E-state index in [9.17, 15) is 4.79 Å². The van der Waals surface area contributed by atoms with Gasteiger partial charge in [-0.2, -0.15) is 0 Å². The average molecular weight is 486 g/mol. The molecule has 0 aliphatic carbocycles. The number of benzene rings is 3. The fourth-order valence-electron chi connectivity index (χ4n) is 4.45. The summed E-state index contributed by atoms with van der Waals surface area (Å²) in [5, 5.41) is 0.769. The van der Waals surface area contributed by atoms with Crippen molar-refractivity contribution in [3.8, 4) is 0 Å². The van der Waals surface area contributed by atoms with Gasteiger partial charge in [0.15, 0.2) is 5.13 Å². The van der Waals surface area contributed by atoms with Gasteiger partial charge in [0.05, 0.1) is 23.4 Å². The summed E-state index contributed by atoms with van der Waals surface area (Å²) in [4.78, 5) is 22.8. The predicted molar refractivity (Wildman–Crippen MR) is 144 cm³/mol. The second kappa shape index (κ2) is 11.1. The second-order valence-corrected chi connectivity index (χ2v) is 10.1. The first kappa shape index (κ1) is 23.7. The Morgan fingerprint density at radius 3 is 2.51 bits per heavy atom. The maximum absolute atomic E-state index is 13.7. The molecule has 1 fully saturated rings. The maximum Gasteiger partial charge on any atom is 0.260 e. The number of aryl methyl sites for hydroxylation is 1. The molecule has 1 saturated heterocycles. The fourth-order valence-corrected chi connectivity index (χ4v) is 5.54. The number of carbonyl (C=O) groups is 1. The number of nitrogens with zero attached hydrogens (tertiary/aromatic N) is 3. The Morgan fingerprint density at radius 1 is 1.00 bits per heavy atom. The highest BCUT2D eigenvalue weighted by molar-refractivity contribution is 7.22. The third kappa shape index (κ3) is 5.96. The van der Waals surface area contributed by atoms with Crippen molar-refractivity contribution in [2.75, 3.05) is 44.3 Å². The third-order valence-electron chi connectivity index (χ3n) is 6.42. The van der Waals surface area contributed by atoms with Crippen LogP contribution in [0.15, 0.2) is 72.8 Å². The normalized spacial score (nSPS) is 14.3. The van der Waals surface area contributed by atoms with Gasteiger partial charge in [0, 0.05) is 31.7 Å². The maximum atomic E-state index is 13.7. The number of amides is 1. The van der Waals surface area contributed by atoms with Crippen LogP contribution in [0.5, 0.6) is 0 Å².